The summed E-state index contributed by atoms with van der Waals surface area (Å²) < 4.78 is 26.8. The van der Waals surface area contributed by atoms with Gasteiger partial charge in [-0.1, -0.05) is 36.4 Å². The van der Waals surface area contributed by atoms with E-state index in [2.05, 4.69) is 4.72 Å². The molecule has 0 amide bonds. The maximum absolute atomic E-state index is 12.1. The first-order valence-electron chi connectivity index (χ1n) is 6.37. The first-order valence-corrected chi connectivity index (χ1v) is 8.03. The lowest BCUT2D eigenvalue weighted by atomic mass is 10.2. The smallest absolute Gasteiger partial charge is 0.233 e. The van der Waals surface area contributed by atoms with Crippen LogP contribution in [0.2, 0.25) is 0 Å². The van der Waals surface area contributed by atoms with Crippen molar-refractivity contribution in [2.75, 3.05) is 16.2 Å². The molecule has 0 aliphatic rings. The molecule has 5 heteroatoms. The van der Waals surface area contributed by atoms with E-state index in [0.717, 1.165) is 11.1 Å². The fourth-order valence-corrected chi connectivity index (χ4v) is 3.04. The van der Waals surface area contributed by atoms with Gasteiger partial charge in [-0.25, -0.2) is 8.42 Å². The second-order valence-electron chi connectivity index (χ2n) is 4.68. The van der Waals surface area contributed by atoms with Gasteiger partial charge in [0.25, 0.3) is 0 Å². The van der Waals surface area contributed by atoms with Crippen LogP contribution in [0.4, 0.5) is 11.4 Å². The van der Waals surface area contributed by atoms with Crippen molar-refractivity contribution >= 4 is 21.4 Å². The summed E-state index contributed by atoms with van der Waals surface area (Å²) in [7, 11) is -3.38. The summed E-state index contributed by atoms with van der Waals surface area (Å²) in [5.41, 5.74) is 8.63. The molecular formula is C15H18N2O2S. The molecule has 0 heterocycles. The van der Waals surface area contributed by atoms with E-state index in [1.54, 1.807) is 25.1 Å². The van der Waals surface area contributed by atoms with E-state index in [1.807, 2.05) is 30.3 Å². The van der Waals surface area contributed by atoms with Gasteiger partial charge in [-0.2, -0.15) is 0 Å². The Bertz CT molecular complexity index is 682. The molecule has 0 aliphatic carbocycles. The third kappa shape index (κ3) is 3.74. The molecule has 2 aromatic carbocycles. The molecule has 4 nitrogen and oxygen atoms in total. The quantitative estimate of drug-likeness (QED) is 0.831. The predicted octanol–water partition coefficient (Wildman–Crippen LogP) is 2.56. The molecule has 3 N–H and O–H groups in total. The zero-order valence-corrected chi connectivity index (χ0v) is 12.2. The molecule has 0 unspecified atom stereocenters. The number of hydrogen-bond acceptors (Lipinski definition) is 3. The van der Waals surface area contributed by atoms with Crippen molar-refractivity contribution in [2.24, 2.45) is 0 Å². The van der Waals surface area contributed by atoms with E-state index < -0.39 is 10.0 Å². The van der Waals surface area contributed by atoms with Gasteiger partial charge in [0.2, 0.25) is 10.0 Å². The number of benzene rings is 2. The molecule has 0 aliphatic heterocycles. The van der Waals surface area contributed by atoms with Crippen molar-refractivity contribution in [3.63, 3.8) is 0 Å². The highest BCUT2D eigenvalue weighted by Gasteiger charge is 2.12. The van der Waals surface area contributed by atoms with Crippen LogP contribution in [-0.2, 0) is 16.4 Å². The number of hydrogen-bond donors (Lipinski definition) is 2. The molecule has 106 valence electrons. The van der Waals surface area contributed by atoms with E-state index >= 15 is 0 Å². The van der Waals surface area contributed by atoms with Gasteiger partial charge in [0, 0.05) is 5.69 Å². The van der Waals surface area contributed by atoms with Crippen molar-refractivity contribution in [1.29, 1.82) is 0 Å². The van der Waals surface area contributed by atoms with Gasteiger partial charge in [0.15, 0.2) is 0 Å². The fourth-order valence-electron chi connectivity index (χ4n) is 1.88. The number of nitrogen functional groups attached to an aromatic ring is 1. The molecule has 0 saturated carbocycles. The van der Waals surface area contributed by atoms with Gasteiger partial charge >= 0.3 is 0 Å². The monoisotopic (exact) mass is 290 g/mol. The third-order valence-electron chi connectivity index (χ3n) is 3.14. The Morgan fingerprint density at radius 1 is 1.05 bits per heavy atom. The molecule has 0 saturated heterocycles. The number of anilines is 2. The van der Waals surface area contributed by atoms with Crippen LogP contribution in [-0.4, -0.2) is 14.2 Å². The molecule has 0 aromatic heterocycles. The fraction of sp³-hybridized carbons (Fsp3) is 0.200. The van der Waals surface area contributed by atoms with Crippen LogP contribution in [0, 0.1) is 6.92 Å². The Hall–Kier alpha value is -2.01. The van der Waals surface area contributed by atoms with Crippen LogP contribution in [0.15, 0.2) is 48.5 Å². The van der Waals surface area contributed by atoms with Gasteiger partial charge in [-0.15, -0.1) is 0 Å². The molecule has 20 heavy (non-hydrogen) atoms. The van der Waals surface area contributed by atoms with Gasteiger partial charge in [0.1, 0.15) is 0 Å². The summed E-state index contributed by atoms with van der Waals surface area (Å²) in [6, 6.07) is 14.7. The Labute approximate surface area is 119 Å². The first-order chi connectivity index (χ1) is 9.48. The Kier molecular flexibility index (Phi) is 4.29. The SMILES string of the molecule is Cc1c(N)cccc1NS(=O)(=O)CCc1ccccc1. The standard InChI is InChI=1S/C15H18N2O2S/c1-12-14(16)8-5-9-15(12)17-20(18,19)11-10-13-6-3-2-4-7-13/h2-9,17H,10-11,16H2,1H3. The Morgan fingerprint density at radius 3 is 2.45 bits per heavy atom. The number of rotatable bonds is 5. The summed E-state index contributed by atoms with van der Waals surface area (Å²) in [5, 5.41) is 0. The van der Waals surface area contributed by atoms with E-state index in [-0.39, 0.29) is 5.75 Å². The van der Waals surface area contributed by atoms with Crippen LogP contribution in [0.5, 0.6) is 0 Å². The van der Waals surface area contributed by atoms with Crippen molar-refractivity contribution in [1.82, 2.24) is 0 Å². The van der Waals surface area contributed by atoms with Crippen molar-refractivity contribution in [3.8, 4) is 0 Å². The number of nitrogens with one attached hydrogen (secondary N) is 1. The summed E-state index contributed by atoms with van der Waals surface area (Å²) in [6.07, 6.45) is 0.484. The minimum Gasteiger partial charge on any atom is -0.398 e. The van der Waals surface area contributed by atoms with Crippen LogP contribution in [0.25, 0.3) is 0 Å². The number of sulfonamides is 1. The van der Waals surface area contributed by atoms with E-state index in [1.165, 1.54) is 0 Å². The lowest BCUT2D eigenvalue weighted by molar-refractivity contribution is 0.600. The summed E-state index contributed by atoms with van der Waals surface area (Å²) in [6.45, 7) is 1.80. The molecular weight excluding hydrogens is 272 g/mol. The topological polar surface area (TPSA) is 72.2 Å². The van der Waals surface area contributed by atoms with Crippen molar-refractivity contribution < 1.29 is 8.42 Å². The highest BCUT2D eigenvalue weighted by atomic mass is 32.2. The average molecular weight is 290 g/mol. The van der Waals surface area contributed by atoms with E-state index in [9.17, 15) is 8.42 Å². The maximum atomic E-state index is 12.1. The highest BCUT2D eigenvalue weighted by Crippen LogP contribution is 2.21. The molecule has 0 radical (unpaired) electrons. The maximum Gasteiger partial charge on any atom is 0.233 e. The zero-order chi connectivity index (χ0) is 14.6. The first kappa shape index (κ1) is 14.4. The minimum absolute atomic E-state index is 0.0469. The van der Waals surface area contributed by atoms with Crippen LogP contribution in [0.3, 0.4) is 0 Å². The second kappa shape index (κ2) is 5.96. The van der Waals surface area contributed by atoms with E-state index in [0.29, 0.717) is 17.8 Å². The molecule has 0 spiro atoms. The van der Waals surface area contributed by atoms with Crippen LogP contribution >= 0.6 is 0 Å². The predicted molar refractivity (Wildman–Crippen MR) is 83.1 cm³/mol. The summed E-state index contributed by atoms with van der Waals surface area (Å²) >= 11 is 0. The normalized spacial score (nSPS) is 11.2. The van der Waals surface area contributed by atoms with E-state index in [4.69, 9.17) is 5.73 Å². The second-order valence-corrected chi connectivity index (χ2v) is 6.52. The van der Waals surface area contributed by atoms with Crippen molar-refractivity contribution in [3.05, 3.63) is 59.7 Å². The van der Waals surface area contributed by atoms with Gasteiger partial charge in [-0.05, 0) is 36.6 Å². The molecule has 0 fully saturated rings. The van der Waals surface area contributed by atoms with Gasteiger partial charge in [0.05, 0.1) is 11.4 Å². The van der Waals surface area contributed by atoms with Gasteiger partial charge in [-0.3, -0.25) is 4.72 Å². The molecule has 2 rings (SSSR count). The molecule has 0 atom stereocenters. The lowest BCUT2D eigenvalue weighted by Crippen LogP contribution is -2.19. The lowest BCUT2D eigenvalue weighted by Gasteiger charge is -2.11. The largest absolute Gasteiger partial charge is 0.398 e. The molecule has 0 bridgehead atoms. The molecule has 2 aromatic rings. The van der Waals surface area contributed by atoms with Gasteiger partial charge < -0.3 is 5.73 Å². The van der Waals surface area contributed by atoms with Crippen molar-refractivity contribution in [2.45, 2.75) is 13.3 Å². The Morgan fingerprint density at radius 2 is 1.75 bits per heavy atom. The summed E-state index contributed by atoms with van der Waals surface area (Å²) in [5.74, 6) is 0.0469. The number of aryl methyl sites for hydroxylation is 1. The minimum atomic E-state index is -3.38. The van der Waals surface area contributed by atoms with Crippen LogP contribution in [0.1, 0.15) is 11.1 Å². The number of nitrogens with two attached hydrogens (primary N) is 1. The van der Waals surface area contributed by atoms with Crippen LogP contribution < -0.4 is 10.5 Å². The Balaban J connectivity index is 2.06. The average Bonchev–Trinajstić information content (AvgIpc) is 2.43. The third-order valence-corrected chi connectivity index (χ3v) is 4.42. The highest BCUT2D eigenvalue weighted by molar-refractivity contribution is 7.92. The zero-order valence-electron chi connectivity index (χ0n) is 11.3. The summed E-state index contributed by atoms with van der Waals surface area (Å²) in [4.78, 5) is 0.